The molecule has 0 unspecified atom stereocenters. The Morgan fingerprint density at radius 3 is 1.54 bits per heavy atom. The van der Waals surface area contributed by atoms with E-state index in [4.69, 9.17) is 0 Å². The van der Waals surface area contributed by atoms with Crippen molar-refractivity contribution in [3.05, 3.63) is 121 Å². The molecule has 0 radical (unpaired) electrons. The van der Waals surface area contributed by atoms with Gasteiger partial charge in [-0.1, -0.05) is 121 Å². The normalized spacial score (nSPS) is 11.4. The molecule has 0 heterocycles. The van der Waals surface area contributed by atoms with Crippen LogP contribution >= 0.6 is 0 Å². The maximum Gasteiger partial charge on any atom is 0.165 e. The summed E-state index contributed by atoms with van der Waals surface area (Å²) in [5, 5.41) is 51.1. The highest BCUT2D eigenvalue weighted by atomic mass is 16.3. The molecule has 3 N–H and O–H groups in total. The van der Waals surface area contributed by atoms with E-state index < -0.39 is 23.0 Å². The van der Waals surface area contributed by atoms with Crippen LogP contribution in [-0.4, -0.2) is 15.3 Å². The van der Waals surface area contributed by atoms with Crippen molar-refractivity contribution in [3.8, 4) is 56.4 Å². The number of aromatic hydroxyl groups is 3. The number of benzene rings is 7. The molecule has 4 nitrogen and oxygen atoms in total. The van der Waals surface area contributed by atoms with E-state index >= 15 is 0 Å². The minimum absolute atomic E-state index is 0.0484. The molecule has 0 atom stereocenters. The van der Waals surface area contributed by atoms with Crippen molar-refractivity contribution < 1.29 is 20.4 Å². The summed E-state index contributed by atoms with van der Waals surface area (Å²) in [7, 11) is 0. The molecule has 0 aromatic heterocycles. The standard InChI is InChI=1S/C37H26O4/c1-21-34(38)36(40)33(37(41)35(21)39)32-29-14-6-4-12-27(29)31(28-13-5-7-15-30(28)32)24-19-17-23(18-20-24)26-16-8-10-22-9-2-3-11-25(22)26/h2-20,38-41H,1H3/p-1. The van der Waals surface area contributed by atoms with Gasteiger partial charge < -0.3 is 20.4 Å². The molecule has 0 aliphatic heterocycles. The maximum atomic E-state index is 13.3. The number of phenols is 3. The Balaban J connectivity index is 1.51. The second kappa shape index (κ2) is 9.32. The molecule has 4 heteroatoms. The topological polar surface area (TPSA) is 83.8 Å². The van der Waals surface area contributed by atoms with Gasteiger partial charge in [0.05, 0.1) is 0 Å². The molecule has 0 amide bonds. The molecule has 0 spiro atoms. The largest absolute Gasteiger partial charge is 0.869 e. The lowest BCUT2D eigenvalue weighted by Gasteiger charge is -2.24. The van der Waals surface area contributed by atoms with Crippen LogP contribution in [0.4, 0.5) is 0 Å². The lowest BCUT2D eigenvalue weighted by atomic mass is 9.84. The SMILES string of the molecule is Cc1c(O)c([O-])c(-c2c3ccccc3c(-c3ccc(-c4cccc5ccccc45)cc3)c3ccccc23)c(O)c1O. The van der Waals surface area contributed by atoms with E-state index in [1.54, 1.807) is 0 Å². The highest BCUT2D eigenvalue weighted by Crippen LogP contribution is 2.54. The summed E-state index contributed by atoms with van der Waals surface area (Å²) in [6.45, 7) is 1.40. The van der Waals surface area contributed by atoms with Gasteiger partial charge in [-0.25, -0.2) is 0 Å². The molecule has 7 aromatic rings. The van der Waals surface area contributed by atoms with Gasteiger partial charge in [0.25, 0.3) is 0 Å². The van der Waals surface area contributed by atoms with Crippen molar-refractivity contribution in [3.63, 3.8) is 0 Å². The number of fused-ring (bicyclic) bond motifs is 3. The van der Waals surface area contributed by atoms with Crippen LogP contribution in [0.25, 0.3) is 65.7 Å². The summed E-state index contributed by atoms with van der Waals surface area (Å²) in [6, 6.07) is 38.6. The lowest BCUT2D eigenvalue weighted by molar-refractivity contribution is -0.269. The Morgan fingerprint density at radius 2 is 0.927 bits per heavy atom. The van der Waals surface area contributed by atoms with Gasteiger partial charge in [0, 0.05) is 16.7 Å². The summed E-state index contributed by atoms with van der Waals surface area (Å²) in [5.74, 6) is -2.33. The van der Waals surface area contributed by atoms with Crippen LogP contribution in [0.3, 0.4) is 0 Å². The zero-order chi connectivity index (χ0) is 28.2. The lowest BCUT2D eigenvalue weighted by Crippen LogP contribution is -1.99. The van der Waals surface area contributed by atoms with E-state index in [1.807, 2.05) is 54.6 Å². The van der Waals surface area contributed by atoms with Crippen LogP contribution in [0.15, 0.2) is 115 Å². The summed E-state index contributed by atoms with van der Waals surface area (Å²) in [6.07, 6.45) is 0. The van der Waals surface area contributed by atoms with E-state index in [0.29, 0.717) is 5.56 Å². The van der Waals surface area contributed by atoms with Crippen molar-refractivity contribution in [1.82, 2.24) is 0 Å². The average molecular weight is 534 g/mol. The van der Waals surface area contributed by atoms with Gasteiger partial charge in [-0.15, -0.1) is 0 Å². The third-order valence-electron chi connectivity index (χ3n) is 8.07. The summed E-state index contributed by atoms with van der Waals surface area (Å²) >= 11 is 0. The van der Waals surface area contributed by atoms with Gasteiger partial charge in [0.15, 0.2) is 11.5 Å². The maximum absolute atomic E-state index is 13.3. The predicted molar refractivity (Wildman–Crippen MR) is 164 cm³/mol. The van der Waals surface area contributed by atoms with Gasteiger partial charge in [0.1, 0.15) is 5.75 Å². The first kappa shape index (κ1) is 24.6. The number of phenolic OH excluding ortho intramolecular Hbond substituents is 3. The minimum Gasteiger partial charge on any atom is -0.869 e. The molecule has 0 aliphatic carbocycles. The molecular formula is C37H25O4-. The zero-order valence-corrected chi connectivity index (χ0v) is 22.2. The van der Waals surface area contributed by atoms with Crippen molar-refractivity contribution in [2.75, 3.05) is 0 Å². The molecule has 0 fully saturated rings. The van der Waals surface area contributed by atoms with E-state index in [2.05, 4.69) is 60.7 Å². The highest BCUT2D eigenvalue weighted by Gasteiger charge is 2.23. The fourth-order valence-corrected chi connectivity index (χ4v) is 6.04. The van der Waals surface area contributed by atoms with Crippen LogP contribution in [0.1, 0.15) is 5.56 Å². The number of hydrogen-bond acceptors (Lipinski definition) is 4. The smallest absolute Gasteiger partial charge is 0.165 e. The third kappa shape index (κ3) is 3.69. The first-order valence-corrected chi connectivity index (χ1v) is 13.4. The molecule has 0 aliphatic rings. The van der Waals surface area contributed by atoms with E-state index in [-0.39, 0.29) is 11.1 Å². The fourth-order valence-electron chi connectivity index (χ4n) is 6.04. The van der Waals surface area contributed by atoms with E-state index in [0.717, 1.165) is 43.8 Å². The third-order valence-corrected chi connectivity index (χ3v) is 8.07. The molecule has 0 saturated carbocycles. The van der Waals surface area contributed by atoms with Gasteiger partial charge >= 0.3 is 0 Å². The average Bonchev–Trinajstić information content (AvgIpc) is 3.02. The molecule has 41 heavy (non-hydrogen) atoms. The second-order valence-electron chi connectivity index (χ2n) is 10.3. The summed E-state index contributed by atoms with van der Waals surface area (Å²) in [5.41, 5.74) is 4.59. The second-order valence-corrected chi connectivity index (χ2v) is 10.3. The van der Waals surface area contributed by atoms with Crippen molar-refractivity contribution in [1.29, 1.82) is 0 Å². The first-order chi connectivity index (χ1) is 20.0. The molecule has 7 aromatic carbocycles. The molecule has 198 valence electrons. The highest BCUT2D eigenvalue weighted by molar-refractivity contribution is 6.22. The Labute approximate surface area is 236 Å². The Kier molecular flexibility index (Phi) is 5.58. The van der Waals surface area contributed by atoms with Crippen LogP contribution in [-0.2, 0) is 0 Å². The van der Waals surface area contributed by atoms with Crippen LogP contribution in [0.5, 0.6) is 23.0 Å². The quantitative estimate of drug-likeness (QED) is 0.121. The van der Waals surface area contributed by atoms with E-state index in [1.165, 1.54) is 17.7 Å². The molecule has 7 rings (SSSR count). The van der Waals surface area contributed by atoms with Crippen LogP contribution in [0, 0.1) is 6.92 Å². The van der Waals surface area contributed by atoms with Gasteiger partial charge in [-0.05, 0) is 61.5 Å². The Morgan fingerprint density at radius 1 is 0.439 bits per heavy atom. The van der Waals surface area contributed by atoms with Crippen molar-refractivity contribution in [2.45, 2.75) is 6.92 Å². The fraction of sp³-hybridized carbons (Fsp3) is 0.0270. The summed E-state index contributed by atoms with van der Waals surface area (Å²) in [4.78, 5) is 0. The van der Waals surface area contributed by atoms with E-state index in [9.17, 15) is 20.4 Å². The number of rotatable bonds is 3. The zero-order valence-electron chi connectivity index (χ0n) is 22.2. The number of hydrogen-bond donors (Lipinski definition) is 3. The van der Waals surface area contributed by atoms with Gasteiger partial charge in [-0.2, -0.15) is 0 Å². The van der Waals surface area contributed by atoms with Gasteiger partial charge in [0.2, 0.25) is 0 Å². The minimum atomic E-state index is -0.722. The van der Waals surface area contributed by atoms with Crippen molar-refractivity contribution >= 4 is 32.3 Å². The van der Waals surface area contributed by atoms with Crippen LogP contribution < -0.4 is 5.11 Å². The molecular weight excluding hydrogens is 508 g/mol. The first-order valence-electron chi connectivity index (χ1n) is 13.4. The Hall–Kier alpha value is -5.48. The summed E-state index contributed by atoms with van der Waals surface area (Å²) < 4.78 is 0. The molecule has 0 bridgehead atoms. The predicted octanol–water partition coefficient (Wildman–Crippen LogP) is 8.65. The Bertz CT molecular complexity index is 2050. The molecule has 0 saturated heterocycles. The van der Waals surface area contributed by atoms with Gasteiger partial charge in [-0.3, -0.25) is 0 Å². The monoisotopic (exact) mass is 533 g/mol. The van der Waals surface area contributed by atoms with Crippen LogP contribution in [0.2, 0.25) is 0 Å². The van der Waals surface area contributed by atoms with Crippen molar-refractivity contribution in [2.24, 2.45) is 0 Å².